The number of hydrogen-bond acceptors (Lipinski definition) is 6. The fourth-order valence-corrected chi connectivity index (χ4v) is 1.79. The van der Waals surface area contributed by atoms with Crippen molar-refractivity contribution >= 4 is 12.1 Å². The first kappa shape index (κ1) is 19.4. The van der Waals surface area contributed by atoms with Crippen molar-refractivity contribution in [2.24, 2.45) is 0 Å². The minimum Gasteiger partial charge on any atom is -0.480 e. The number of hydrogen-bond donors (Lipinski definition) is 1. The molecule has 1 N–H and O–H groups in total. The Morgan fingerprint density at radius 2 is 2.00 bits per heavy atom. The number of carbonyl (C=O) groups is 2. The highest BCUT2D eigenvalue weighted by Gasteiger charge is 2.28. The van der Waals surface area contributed by atoms with E-state index in [4.69, 9.17) is 9.47 Å². The molecule has 0 aliphatic carbocycles. The molecule has 9 heteroatoms. The molecule has 0 saturated heterocycles. The average molecular weight is 340 g/mol. The van der Waals surface area contributed by atoms with Crippen LogP contribution in [0.25, 0.3) is 0 Å². The summed E-state index contributed by atoms with van der Waals surface area (Å²) < 4.78 is 10.2. The summed E-state index contributed by atoms with van der Waals surface area (Å²) in [7, 11) is 1.30. The molecule has 0 radical (unpaired) electrons. The molecule has 0 bridgehead atoms. The Hall–Kier alpha value is -2.68. The Balaban J connectivity index is 2.43. The van der Waals surface area contributed by atoms with Crippen LogP contribution in [0.15, 0.2) is 30.3 Å². The molecule has 0 heterocycles. The first-order valence-electron chi connectivity index (χ1n) is 7.27. The molecule has 0 fully saturated rings. The molecule has 1 rings (SSSR count). The molecule has 1 aromatic carbocycles. The first-order chi connectivity index (χ1) is 11.4. The summed E-state index contributed by atoms with van der Waals surface area (Å²) in [5.41, 5.74) is 0.780. The van der Waals surface area contributed by atoms with Gasteiger partial charge in [0.15, 0.2) is 6.04 Å². The van der Waals surface area contributed by atoms with E-state index in [2.05, 4.69) is 0 Å². The van der Waals surface area contributed by atoms with Crippen LogP contribution in [0.2, 0.25) is 0 Å². The van der Waals surface area contributed by atoms with Gasteiger partial charge >= 0.3 is 12.1 Å². The molecule has 1 atom stereocenters. The van der Waals surface area contributed by atoms with Gasteiger partial charge in [0.1, 0.15) is 6.61 Å². The summed E-state index contributed by atoms with van der Waals surface area (Å²) in [5.74, 6) is -1.25. The lowest BCUT2D eigenvalue weighted by molar-refractivity contribution is -0.481. The summed E-state index contributed by atoms with van der Waals surface area (Å²) in [4.78, 5) is 33.8. The first-order valence-corrected chi connectivity index (χ1v) is 7.27. The Bertz CT molecular complexity index is 550. The number of aliphatic carboxylic acids is 1. The average Bonchev–Trinajstić information content (AvgIpc) is 2.55. The molecule has 1 aromatic rings. The van der Waals surface area contributed by atoms with Crippen LogP contribution >= 0.6 is 0 Å². The van der Waals surface area contributed by atoms with E-state index < -0.39 is 23.0 Å². The summed E-state index contributed by atoms with van der Waals surface area (Å²) in [6, 6.07) is 7.75. The fraction of sp³-hybridized carbons (Fsp3) is 0.467. The van der Waals surface area contributed by atoms with Gasteiger partial charge in [-0.15, -0.1) is 0 Å². The van der Waals surface area contributed by atoms with Gasteiger partial charge in [-0.1, -0.05) is 30.3 Å². The van der Waals surface area contributed by atoms with Crippen molar-refractivity contribution in [3.8, 4) is 0 Å². The number of carboxylic acids is 1. The standard InChI is InChI=1S/C15H20N2O7/c1-16(15(20)24-10-12-6-3-2-4-7-12)13(14(18)19)11-23-9-5-8-17(21)22/h2-4,6-7,13H,5,8-11H2,1H3,(H,18,19). The SMILES string of the molecule is CN(C(=O)OCc1ccccc1)C(COCCC[N+](=O)[O-])C(=O)O. The minimum atomic E-state index is -1.25. The molecule has 132 valence electrons. The van der Waals surface area contributed by atoms with Crippen LogP contribution < -0.4 is 0 Å². The monoisotopic (exact) mass is 340 g/mol. The molecule has 0 spiro atoms. The number of benzene rings is 1. The molecule has 1 unspecified atom stereocenters. The zero-order valence-electron chi connectivity index (χ0n) is 13.3. The third-order valence-electron chi connectivity index (χ3n) is 3.15. The molecule has 0 aliphatic rings. The van der Waals surface area contributed by atoms with Crippen molar-refractivity contribution in [2.75, 3.05) is 26.8 Å². The lowest BCUT2D eigenvalue weighted by Gasteiger charge is -2.24. The number of nitro groups is 1. The molecule has 0 aliphatic heterocycles. The maximum atomic E-state index is 11.9. The lowest BCUT2D eigenvalue weighted by Crippen LogP contribution is -2.45. The van der Waals surface area contributed by atoms with Crippen LogP contribution in [0.1, 0.15) is 12.0 Å². The van der Waals surface area contributed by atoms with Gasteiger partial charge in [0.2, 0.25) is 6.54 Å². The predicted molar refractivity (Wildman–Crippen MR) is 83.1 cm³/mol. The maximum Gasteiger partial charge on any atom is 0.410 e. The zero-order valence-corrected chi connectivity index (χ0v) is 13.3. The fourth-order valence-electron chi connectivity index (χ4n) is 1.79. The van der Waals surface area contributed by atoms with Crippen molar-refractivity contribution in [1.29, 1.82) is 0 Å². The van der Waals surface area contributed by atoms with Gasteiger partial charge in [-0.25, -0.2) is 9.59 Å². The Labute approximate surface area is 138 Å². The van der Waals surface area contributed by atoms with E-state index in [1.165, 1.54) is 7.05 Å². The van der Waals surface area contributed by atoms with Crippen LogP contribution in [-0.4, -0.2) is 59.8 Å². The summed E-state index contributed by atoms with van der Waals surface area (Å²) in [6.45, 7) is -0.464. The summed E-state index contributed by atoms with van der Waals surface area (Å²) in [6.07, 6.45) is -0.623. The Morgan fingerprint density at radius 3 is 2.58 bits per heavy atom. The summed E-state index contributed by atoms with van der Waals surface area (Å²) >= 11 is 0. The van der Waals surface area contributed by atoms with Crippen molar-refractivity contribution < 1.29 is 29.1 Å². The van der Waals surface area contributed by atoms with Gasteiger partial charge in [-0.3, -0.25) is 15.0 Å². The molecule has 9 nitrogen and oxygen atoms in total. The number of carboxylic acid groups (broad SMARTS) is 1. The lowest BCUT2D eigenvalue weighted by atomic mass is 10.2. The Morgan fingerprint density at radius 1 is 1.33 bits per heavy atom. The molecular formula is C15H20N2O7. The van der Waals surface area contributed by atoms with E-state index in [0.717, 1.165) is 10.5 Å². The second-order valence-electron chi connectivity index (χ2n) is 4.99. The quantitative estimate of drug-likeness (QED) is 0.388. The van der Waals surface area contributed by atoms with Gasteiger partial charge in [-0.05, 0) is 5.56 Å². The van der Waals surface area contributed by atoms with Crippen molar-refractivity contribution in [1.82, 2.24) is 4.90 Å². The molecule has 1 amide bonds. The van der Waals surface area contributed by atoms with Gasteiger partial charge < -0.3 is 14.6 Å². The highest BCUT2D eigenvalue weighted by atomic mass is 16.6. The maximum absolute atomic E-state index is 11.9. The van der Waals surface area contributed by atoms with E-state index in [0.29, 0.717) is 0 Å². The number of nitrogens with zero attached hydrogens (tertiary/aromatic N) is 2. The van der Waals surface area contributed by atoms with E-state index in [1.807, 2.05) is 6.07 Å². The van der Waals surface area contributed by atoms with Gasteiger partial charge in [0, 0.05) is 18.4 Å². The number of ether oxygens (including phenoxy) is 2. The molecule has 0 aromatic heterocycles. The predicted octanol–water partition coefficient (Wildman–Crippen LogP) is 1.39. The second kappa shape index (κ2) is 10.2. The topological polar surface area (TPSA) is 119 Å². The van der Waals surface area contributed by atoms with Crippen LogP contribution in [0.5, 0.6) is 0 Å². The van der Waals surface area contributed by atoms with Crippen LogP contribution in [0.4, 0.5) is 4.79 Å². The highest BCUT2D eigenvalue weighted by molar-refractivity contribution is 5.80. The van der Waals surface area contributed by atoms with Gasteiger partial charge in [-0.2, -0.15) is 0 Å². The molecular weight excluding hydrogens is 320 g/mol. The zero-order chi connectivity index (χ0) is 17.9. The molecule has 24 heavy (non-hydrogen) atoms. The van der Waals surface area contributed by atoms with Crippen molar-refractivity contribution in [3.63, 3.8) is 0 Å². The van der Waals surface area contributed by atoms with Crippen molar-refractivity contribution in [2.45, 2.75) is 19.1 Å². The van der Waals surface area contributed by atoms with Gasteiger partial charge in [0.25, 0.3) is 0 Å². The normalized spacial score (nSPS) is 11.5. The van der Waals surface area contributed by atoms with Gasteiger partial charge in [0.05, 0.1) is 13.2 Å². The number of carbonyl (C=O) groups excluding carboxylic acids is 1. The van der Waals surface area contributed by atoms with Crippen LogP contribution in [0.3, 0.4) is 0 Å². The Kier molecular flexibility index (Phi) is 8.20. The largest absolute Gasteiger partial charge is 0.480 e. The second-order valence-corrected chi connectivity index (χ2v) is 4.99. The van der Waals surface area contributed by atoms with E-state index >= 15 is 0 Å². The number of likely N-dealkylation sites (N-methyl/N-ethyl adjacent to an activating group) is 1. The smallest absolute Gasteiger partial charge is 0.410 e. The van der Waals surface area contributed by atoms with E-state index in [-0.39, 0.29) is 32.8 Å². The minimum absolute atomic E-state index is 0.0278. The highest BCUT2D eigenvalue weighted by Crippen LogP contribution is 2.06. The van der Waals surface area contributed by atoms with Crippen LogP contribution in [-0.2, 0) is 20.9 Å². The van der Waals surface area contributed by atoms with E-state index in [9.17, 15) is 24.8 Å². The van der Waals surface area contributed by atoms with Crippen LogP contribution in [0, 0.1) is 10.1 Å². The van der Waals surface area contributed by atoms with E-state index in [1.54, 1.807) is 24.3 Å². The molecule has 0 saturated carbocycles. The third-order valence-corrected chi connectivity index (χ3v) is 3.15. The van der Waals surface area contributed by atoms with Crippen molar-refractivity contribution in [3.05, 3.63) is 46.0 Å². The number of rotatable bonds is 10. The number of amides is 1. The third kappa shape index (κ3) is 7.05. The summed E-state index contributed by atoms with van der Waals surface area (Å²) in [5, 5.41) is 19.4.